The first-order valence-electron chi connectivity index (χ1n) is 6.35. The van der Waals surface area contributed by atoms with Crippen LogP contribution < -0.4 is 0 Å². The Labute approximate surface area is 95.9 Å². The third kappa shape index (κ3) is 2.25. The number of ether oxygens (including phenoxy) is 3. The molecule has 1 spiro atoms. The Morgan fingerprint density at radius 1 is 1.19 bits per heavy atom. The van der Waals surface area contributed by atoms with Gasteiger partial charge < -0.3 is 19.3 Å². The molecule has 92 valence electrons. The van der Waals surface area contributed by atoms with E-state index >= 15 is 0 Å². The molecule has 3 fully saturated rings. The molecule has 2 saturated carbocycles. The molecule has 4 nitrogen and oxygen atoms in total. The van der Waals surface area contributed by atoms with Gasteiger partial charge in [-0.25, -0.2) is 0 Å². The normalized spacial score (nSPS) is 38.1. The smallest absolute Gasteiger partial charge is 0.171 e. The van der Waals surface area contributed by atoms with Crippen LogP contribution in [0, 0.1) is 5.92 Å². The van der Waals surface area contributed by atoms with Gasteiger partial charge in [-0.05, 0) is 25.2 Å². The summed E-state index contributed by atoms with van der Waals surface area (Å²) in [6, 6.07) is 0. The second-order valence-corrected chi connectivity index (χ2v) is 5.23. The van der Waals surface area contributed by atoms with Gasteiger partial charge in [0.05, 0.1) is 25.4 Å². The molecule has 2 atom stereocenters. The molecule has 16 heavy (non-hydrogen) atoms. The molecule has 2 unspecified atom stereocenters. The van der Waals surface area contributed by atoms with Crippen molar-refractivity contribution in [3.63, 3.8) is 0 Å². The molecular weight excluding hydrogens is 208 g/mol. The van der Waals surface area contributed by atoms with Crippen LogP contribution in [0.3, 0.4) is 0 Å². The van der Waals surface area contributed by atoms with E-state index < -0.39 is 5.79 Å². The fraction of sp³-hybridized carbons (Fsp3) is 1.00. The van der Waals surface area contributed by atoms with Crippen molar-refractivity contribution in [2.24, 2.45) is 5.92 Å². The van der Waals surface area contributed by atoms with Crippen molar-refractivity contribution >= 4 is 0 Å². The molecule has 3 aliphatic rings. The first-order valence-corrected chi connectivity index (χ1v) is 6.35. The fourth-order valence-electron chi connectivity index (χ4n) is 2.57. The third-order valence-corrected chi connectivity index (χ3v) is 3.82. The molecule has 0 aromatic heterocycles. The lowest BCUT2D eigenvalue weighted by molar-refractivity contribution is -0.222. The Hall–Kier alpha value is -0.160. The number of hydrogen-bond acceptors (Lipinski definition) is 4. The van der Waals surface area contributed by atoms with Crippen LogP contribution in [0.25, 0.3) is 0 Å². The first-order chi connectivity index (χ1) is 7.77. The quantitative estimate of drug-likeness (QED) is 0.785. The fourth-order valence-corrected chi connectivity index (χ4v) is 2.57. The second-order valence-electron chi connectivity index (χ2n) is 5.23. The van der Waals surface area contributed by atoms with Crippen LogP contribution in [0.5, 0.6) is 0 Å². The molecule has 0 amide bonds. The summed E-state index contributed by atoms with van der Waals surface area (Å²) in [5.74, 6) is 0.281. The van der Waals surface area contributed by atoms with Gasteiger partial charge in [0.15, 0.2) is 5.79 Å². The molecule has 0 aromatic carbocycles. The minimum atomic E-state index is -0.451. The zero-order chi connectivity index (χ0) is 11.0. The van der Waals surface area contributed by atoms with Crippen LogP contribution >= 0.6 is 0 Å². The van der Waals surface area contributed by atoms with Gasteiger partial charge in [0.2, 0.25) is 0 Å². The highest BCUT2D eigenvalue weighted by Gasteiger charge is 2.45. The summed E-state index contributed by atoms with van der Waals surface area (Å²) in [7, 11) is 0. The van der Waals surface area contributed by atoms with E-state index in [0.29, 0.717) is 19.6 Å². The van der Waals surface area contributed by atoms with Crippen LogP contribution in [-0.2, 0) is 14.2 Å². The summed E-state index contributed by atoms with van der Waals surface area (Å²) < 4.78 is 17.1. The van der Waals surface area contributed by atoms with Crippen LogP contribution in [0.2, 0.25) is 0 Å². The van der Waals surface area contributed by atoms with Crippen molar-refractivity contribution < 1.29 is 19.3 Å². The Kier molecular flexibility index (Phi) is 2.92. The first kappa shape index (κ1) is 11.0. The monoisotopic (exact) mass is 228 g/mol. The van der Waals surface area contributed by atoms with E-state index in [2.05, 4.69) is 0 Å². The largest absolute Gasteiger partial charge is 0.390 e. The SMILES string of the molecule is OC1CCC2(CC1OCC1CC1)OCCO2. The molecule has 1 heterocycles. The van der Waals surface area contributed by atoms with Gasteiger partial charge in [-0.15, -0.1) is 0 Å². The van der Waals surface area contributed by atoms with Gasteiger partial charge in [-0.2, -0.15) is 0 Å². The van der Waals surface area contributed by atoms with E-state index in [-0.39, 0.29) is 12.2 Å². The van der Waals surface area contributed by atoms with Crippen molar-refractivity contribution in [3.05, 3.63) is 0 Å². The lowest BCUT2D eigenvalue weighted by atomic mass is 9.89. The lowest BCUT2D eigenvalue weighted by Gasteiger charge is -2.38. The summed E-state index contributed by atoms with van der Waals surface area (Å²) >= 11 is 0. The summed E-state index contributed by atoms with van der Waals surface area (Å²) in [6.45, 7) is 2.13. The van der Waals surface area contributed by atoms with Crippen LogP contribution in [0.4, 0.5) is 0 Å². The minimum absolute atomic E-state index is 0.104. The maximum atomic E-state index is 9.91. The summed E-state index contributed by atoms with van der Waals surface area (Å²) in [4.78, 5) is 0. The molecule has 2 aliphatic carbocycles. The highest BCUT2D eigenvalue weighted by molar-refractivity contribution is 4.89. The van der Waals surface area contributed by atoms with Crippen LogP contribution in [0.15, 0.2) is 0 Å². The van der Waals surface area contributed by atoms with E-state index in [0.717, 1.165) is 25.4 Å². The molecule has 4 heteroatoms. The van der Waals surface area contributed by atoms with Crippen LogP contribution in [0.1, 0.15) is 32.1 Å². The minimum Gasteiger partial charge on any atom is -0.390 e. The lowest BCUT2D eigenvalue weighted by Crippen LogP contribution is -2.46. The van der Waals surface area contributed by atoms with Crippen molar-refractivity contribution in [2.45, 2.75) is 50.1 Å². The van der Waals surface area contributed by atoms with Gasteiger partial charge in [0.25, 0.3) is 0 Å². The molecule has 3 rings (SSSR count). The van der Waals surface area contributed by atoms with Crippen molar-refractivity contribution in [1.82, 2.24) is 0 Å². The highest BCUT2D eigenvalue weighted by Crippen LogP contribution is 2.38. The molecule has 1 N–H and O–H groups in total. The topological polar surface area (TPSA) is 47.9 Å². The molecular formula is C12H20O4. The number of aliphatic hydroxyl groups excluding tert-OH is 1. The highest BCUT2D eigenvalue weighted by atomic mass is 16.7. The standard InChI is InChI=1S/C12H20O4/c13-10-3-4-12(15-5-6-16-12)7-11(10)14-8-9-1-2-9/h9-11,13H,1-8H2. The van der Waals surface area contributed by atoms with Crippen molar-refractivity contribution in [3.8, 4) is 0 Å². The molecule has 1 saturated heterocycles. The van der Waals surface area contributed by atoms with Crippen LogP contribution in [-0.4, -0.2) is 42.9 Å². The Bertz CT molecular complexity index is 245. The summed E-state index contributed by atoms with van der Waals surface area (Å²) in [6.07, 6.45) is 4.29. The number of aliphatic hydroxyl groups is 1. The van der Waals surface area contributed by atoms with Gasteiger partial charge in [0, 0.05) is 19.4 Å². The average Bonchev–Trinajstić information content (AvgIpc) is 3.01. The van der Waals surface area contributed by atoms with E-state index in [1.54, 1.807) is 0 Å². The average molecular weight is 228 g/mol. The summed E-state index contributed by atoms with van der Waals surface area (Å²) in [5, 5.41) is 9.91. The maximum Gasteiger partial charge on any atom is 0.171 e. The van der Waals surface area contributed by atoms with E-state index in [1.165, 1.54) is 12.8 Å². The Morgan fingerprint density at radius 2 is 1.94 bits per heavy atom. The zero-order valence-electron chi connectivity index (χ0n) is 9.56. The molecule has 1 aliphatic heterocycles. The molecule has 0 bridgehead atoms. The second kappa shape index (κ2) is 4.26. The van der Waals surface area contributed by atoms with Gasteiger partial charge in [0.1, 0.15) is 0 Å². The zero-order valence-corrected chi connectivity index (χ0v) is 9.56. The van der Waals surface area contributed by atoms with Crippen molar-refractivity contribution in [1.29, 1.82) is 0 Å². The van der Waals surface area contributed by atoms with Gasteiger partial charge in [-0.1, -0.05) is 0 Å². The van der Waals surface area contributed by atoms with Gasteiger partial charge in [-0.3, -0.25) is 0 Å². The Balaban J connectivity index is 1.56. The molecule has 0 aromatic rings. The third-order valence-electron chi connectivity index (χ3n) is 3.82. The Morgan fingerprint density at radius 3 is 2.62 bits per heavy atom. The van der Waals surface area contributed by atoms with Crippen molar-refractivity contribution in [2.75, 3.05) is 19.8 Å². The summed E-state index contributed by atoms with van der Waals surface area (Å²) in [5.41, 5.74) is 0. The molecule has 0 radical (unpaired) electrons. The van der Waals surface area contributed by atoms with E-state index in [4.69, 9.17) is 14.2 Å². The number of rotatable bonds is 3. The van der Waals surface area contributed by atoms with E-state index in [9.17, 15) is 5.11 Å². The predicted molar refractivity (Wildman–Crippen MR) is 57.0 cm³/mol. The van der Waals surface area contributed by atoms with Gasteiger partial charge >= 0.3 is 0 Å². The van der Waals surface area contributed by atoms with E-state index in [1.807, 2.05) is 0 Å². The maximum absolute atomic E-state index is 9.91. The predicted octanol–water partition coefficient (Wildman–Crippen LogP) is 1.07. The number of hydrogen-bond donors (Lipinski definition) is 1.